The molecule has 0 unspecified atom stereocenters. The lowest BCUT2D eigenvalue weighted by Crippen LogP contribution is -2.32. The number of hydrogen-bond donors (Lipinski definition) is 0. The highest BCUT2D eigenvalue weighted by Gasteiger charge is 2.30. The normalized spacial score (nSPS) is 11.3. The molecule has 0 radical (unpaired) electrons. The van der Waals surface area contributed by atoms with Crippen LogP contribution in [0.15, 0.2) is 67.0 Å². The molecule has 0 aliphatic rings. The number of ether oxygens (including phenoxy) is 1. The van der Waals surface area contributed by atoms with E-state index in [1.165, 1.54) is 17.0 Å². The van der Waals surface area contributed by atoms with E-state index in [1.807, 2.05) is 17.6 Å². The lowest BCUT2D eigenvalue weighted by atomic mass is 10.1. The first-order valence-corrected chi connectivity index (χ1v) is 8.98. The summed E-state index contributed by atoms with van der Waals surface area (Å²) >= 11 is 0. The van der Waals surface area contributed by atoms with Gasteiger partial charge in [0.15, 0.2) is 0 Å². The van der Waals surface area contributed by atoms with Crippen LogP contribution in [-0.2, 0) is 24.0 Å². The summed E-state index contributed by atoms with van der Waals surface area (Å²) in [5, 5.41) is 0. The lowest BCUT2D eigenvalue weighted by molar-refractivity contribution is -0.137. The van der Waals surface area contributed by atoms with E-state index in [-0.39, 0.29) is 13.2 Å². The van der Waals surface area contributed by atoms with E-state index >= 15 is 0 Å². The van der Waals surface area contributed by atoms with Gasteiger partial charge in [0.2, 0.25) is 0 Å². The van der Waals surface area contributed by atoms with Crippen LogP contribution < -0.4 is 4.90 Å². The third-order valence-corrected chi connectivity index (χ3v) is 4.39. The fourth-order valence-corrected chi connectivity index (χ4v) is 2.80. The van der Waals surface area contributed by atoms with Gasteiger partial charge >= 0.3 is 12.3 Å². The number of benzene rings is 2. The summed E-state index contributed by atoms with van der Waals surface area (Å²) < 4.78 is 45.6. The van der Waals surface area contributed by atoms with Crippen molar-refractivity contribution >= 4 is 11.8 Å². The van der Waals surface area contributed by atoms with Crippen molar-refractivity contribution in [1.29, 1.82) is 0 Å². The van der Waals surface area contributed by atoms with Crippen molar-refractivity contribution < 1.29 is 22.7 Å². The van der Waals surface area contributed by atoms with Crippen LogP contribution in [0.4, 0.5) is 23.7 Å². The number of hydrogen-bond acceptors (Lipinski definition) is 3. The summed E-state index contributed by atoms with van der Waals surface area (Å²) in [4.78, 5) is 18.2. The maximum atomic E-state index is 12.8. The standard InChI is InChI=1S/C21H20F3N3O2/c1-16-25-11-12-26(16)13-14-29-20(28)27(19-5-3-2-4-6-19)15-17-7-9-18(10-8-17)21(22,23)24/h2-12H,13-15H2,1H3. The zero-order valence-corrected chi connectivity index (χ0v) is 15.8. The third kappa shape index (κ3) is 5.37. The Kier molecular flexibility index (Phi) is 6.21. The van der Waals surface area contributed by atoms with Crippen molar-refractivity contribution in [3.63, 3.8) is 0 Å². The van der Waals surface area contributed by atoms with Crippen molar-refractivity contribution in [2.45, 2.75) is 26.2 Å². The molecular weight excluding hydrogens is 383 g/mol. The van der Waals surface area contributed by atoms with Gasteiger partial charge in [-0.05, 0) is 36.8 Å². The zero-order chi connectivity index (χ0) is 20.9. The molecule has 0 aliphatic heterocycles. The van der Waals surface area contributed by atoms with Crippen LogP contribution in [0.3, 0.4) is 0 Å². The number of carbonyl (C=O) groups is 1. The van der Waals surface area contributed by atoms with Crippen LogP contribution >= 0.6 is 0 Å². The number of aromatic nitrogens is 2. The SMILES string of the molecule is Cc1nccn1CCOC(=O)N(Cc1ccc(C(F)(F)F)cc1)c1ccccc1. The summed E-state index contributed by atoms with van der Waals surface area (Å²) in [6, 6.07) is 13.6. The molecule has 29 heavy (non-hydrogen) atoms. The molecule has 0 atom stereocenters. The summed E-state index contributed by atoms with van der Waals surface area (Å²) in [6.45, 7) is 2.54. The van der Waals surface area contributed by atoms with Gasteiger partial charge in [-0.2, -0.15) is 13.2 Å². The molecule has 0 N–H and O–H groups in total. The first-order valence-electron chi connectivity index (χ1n) is 8.98. The van der Waals surface area contributed by atoms with Crippen LogP contribution in [-0.4, -0.2) is 22.3 Å². The third-order valence-electron chi connectivity index (χ3n) is 4.39. The first-order chi connectivity index (χ1) is 13.8. The van der Waals surface area contributed by atoms with E-state index in [1.54, 1.807) is 36.7 Å². The molecule has 1 amide bonds. The van der Waals surface area contributed by atoms with Gasteiger partial charge in [0, 0.05) is 18.1 Å². The second-order valence-corrected chi connectivity index (χ2v) is 6.40. The minimum Gasteiger partial charge on any atom is -0.447 e. The van der Waals surface area contributed by atoms with E-state index < -0.39 is 17.8 Å². The van der Waals surface area contributed by atoms with Gasteiger partial charge in [0.25, 0.3) is 0 Å². The molecule has 152 valence electrons. The fourth-order valence-electron chi connectivity index (χ4n) is 2.80. The molecule has 0 bridgehead atoms. The number of imidazole rings is 1. The Morgan fingerprint density at radius 3 is 2.38 bits per heavy atom. The molecule has 3 rings (SSSR count). The average molecular weight is 403 g/mol. The van der Waals surface area contributed by atoms with Gasteiger partial charge in [-0.25, -0.2) is 9.78 Å². The van der Waals surface area contributed by atoms with Crippen LogP contribution in [0.25, 0.3) is 0 Å². The lowest BCUT2D eigenvalue weighted by Gasteiger charge is -2.23. The first kappa shape index (κ1) is 20.4. The van der Waals surface area contributed by atoms with Gasteiger partial charge in [0.05, 0.1) is 18.7 Å². The number of aryl methyl sites for hydroxylation is 1. The summed E-state index contributed by atoms with van der Waals surface area (Å²) in [6.07, 6.45) is -1.52. The Morgan fingerprint density at radius 1 is 1.10 bits per heavy atom. The van der Waals surface area contributed by atoms with Gasteiger partial charge in [-0.15, -0.1) is 0 Å². The van der Waals surface area contributed by atoms with E-state index in [2.05, 4.69) is 4.98 Å². The van der Waals surface area contributed by atoms with Crippen molar-refractivity contribution in [2.24, 2.45) is 0 Å². The molecule has 0 fully saturated rings. The van der Waals surface area contributed by atoms with E-state index in [0.717, 1.165) is 18.0 Å². The minimum atomic E-state index is -4.40. The number of carbonyl (C=O) groups excluding carboxylic acids is 1. The smallest absolute Gasteiger partial charge is 0.416 e. The Bertz CT molecular complexity index is 938. The van der Waals surface area contributed by atoms with Crippen LogP contribution in [0.1, 0.15) is 17.0 Å². The summed E-state index contributed by atoms with van der Waals surface area (Å²) in [5.74, 6) is 0.811. The Balaban J connectivity index is 1.71. The number of anilines is 1. The van der Waals surface area contributed by atoms with E-state index in [0.29, 0.717) is 17.8 Å². The molecule has 0 saturated heterocycles. The molecule has 2 aromatic carbocycles. The molecular formula is C21H20F3N3O2. The highest BCUT2D eigenvalue weighted by molar-refractivity contribution is 5.87. The fraction of sp³-hybridized carbons (Fsp3) is 0.238. The monoisotopic (exact) mass is 403 g/mol. The van der Waals surface area contributed by atoms with Gasteiger partial charge in [0.1, 0.15) is 12.4 Å². The quantitative estimate of drug-likeness (QED) is 0.578. The predicted molar refractivity (Wildman–Crippen MR) is 102 cm³/mol. The molecule has 8 heteroatoms. The molecule has 0 spiro atoms. The van der Waals surface area contributed by atoms with Crippen molar-refractivity contribution in [3.8, 4) is 0 Å². The Morgan fingerprint density at radius 2 is 1.79 bits per heavy atom. The molecule has 3 aromatic rings. The molecule has 0 saturated carbocycles. The predicted octanol–water partition coefficient (Wildman–Crippen LogP) is 5.05. The van der Waals surface area contributed by atoms with E-state index in [4.69, 9.17) is 4.74 Å². The Hall–Kier alpha value is -3.29. The summed E-state index contributed by atoms with van der Waals surface area (Å²) in [7, 11) is 0. The summed E-state index contributed by atoms with van der Waals surface area (Å²) in [5.41, 5.74) is 0.422. The maximum absolute atomic E-state index is 12.8. The Labute approximate surface area is 166 Å². The molecule has 0 aliphatic carbocycles. The highest BCUT2D eigenvalue weighted by atomic mass is 19.4. The second-order valence-electron chi connectivity index (χ2n) is 6.40. The van der Waals surface area contributed by atoms with Crippen molar-refractivity contribution in [1.82, 2.24) is 9.55 Å². The molecule has 1 aromatic heterocycles. The van der Waals surface area contributed by atoms with Crippen LogP contribution in [0.2, 0.25) is 0 Å². The van der Waals surface area contributed by atoms with Crippen molar-refractivity contribution in [3.05, 3.63) is 83.9 Å². The molecule has 1 heterocycles. The second kappa shape index (κ2) is 8.81. The van der Waals surface area contributed by atoms with Crippen LogP contribution in [0, 0.1) is 6.92 Å². The van der Waals surface area contributed by atoms with Crippen molar-refractivity contribution in [2.75, 3.05) is 11.5 Å². The number of alkyl halides is 3. The highest BCUT2D eigenvalue weighted by Crippen LogP contribution is 2.29. The largest absolute Gasteiger partial charge is 0.447 e. The maximum Gasteiger partial charge on any atom is 0.416 e. The number of halogens is 3. The van der Waals surface area contributed by atoms with Gasteiger partial charge in [-0.3, -0.25) is 4.90 Å². The topological polar surface area (TPSA) is 47.4 Å². The number of rotatable bonds is 6. The van der Waals surface area contributed by atoms with Crippen LogP contribution in [0.5, 0.6) is 0 Å². The number of amides is 1. The minimum absolute atomic E-state index is 0.0884. The van der Waals surface area contributed by atoms with Gasteiger partial charge < -0.3 is 9.30 Å². The number of nitrogens with zero attached hydrogens (tertiary/aromatic N) is 3. The number of para-hydroxylation sites is 1. The van der Waals surface area contributed by atoms with E-state index in [9.17, 15) is 18.0 Å². The molecule has 5 nitrogen and oxygen atoms in total. The average Bonchev–Trinajstić information content (AvgIpc) is 3.11. The van der Waals surface area contributed by atoms with Gasteiger partial charge in [-0.1, -0.05) is 30.3 Å². The zero-order valence-electron chi connectivity index (χ0n) is 15.8.